The van der Waals surface area contributed by atoms with Crippen molar-refractivity contribution in [3.63, 3.8) is 0 Å². The molecule has 0 aliphatic carbocycles. The summed E-state index contributed by atoms with van der Waals surface area (Å²) in [5.74, 6) is 1.78. The standard InChI is InChI=1S/C14H15BrN2O/c1-18-12-5-2-4-11(10-12)8-9-16-14-7-3-6-13(15)17-14/h2-7,10H,8-9H2,1H3,(H,16,17). The zero-order valence-electron chi connectivity index (χ0n) is 10.2. The summed E-state index contributed by atoms with van der Waals surface area (Å²) in [5.41, 5.74) is 1.25. The largest absolute Gasteiger partial charge is 0.497 e. The van der Waals surface area contributed by atoms with Crippen LogP contribution in [0.15, 0.2) is 47.1 Å². The Morgan fingerprint density at radius 1 is 1.22 bits per heavy atom. The van der Waals surface area contributed by atoms with Gasteiger partial charge in [0, 0.05) is 6.54 Å². The summed E-state index contributed by atoms with van der Waals surface area (Å²) in [6.07, 6.45) is 0.936. The van der Waals surface area contributed by atoms with Crippen LogP contribution < -0.4 is 10.1 Å². The van der Waals surface area contributed by atoms with E-state index in [4.69, 9.17) is 4.74 Å². The summed E-state index contributed by atoms with van der Waals surface area (Å²) in [4.78, 5) is 4.32. The molecule has 0 amide bonds. The van der Waals surface area contributed by atoms with Gasteiger partial charge in [-0.2, -0.15) is 0 Å². The molecule has 0 aliphatic heterocycles. The van der Waals surface area contributed by atoms with Gasteiger partial charge in [0.15, 0.2) is 0 Å². The van der Waals surface area contributed by atoms with Crippen LogP contribution in [0.2, 0.25) is 0 Å². The van der Waals surface area contributed by atoms with Gasteiger partial charge >= 0.3 is 0 Å². The maximum absolute atomic E-state index is 5.20. The number of aromatic nitrogens is 1. The van der Waals surface area contributed by atoms with Crippen molar-refractivity contribution >= 4 is 21.7 Å². The number of halogens is 1. The van der Waals surface area contributed by atoms with Gasteiger partial charge in [-0.15, -0.1) is 0 Å². The van der Waals surface area contributed by atoms with Crippen molar-refractivity contribution in [1.29, 1.82) is 0 Å². The third kappa shape index (κ3) is 3.74. The molecule has 1 heterocycles. The van der Waals surface area contributed by atoms with Gasteiger partial charge in [0.2, 0.25) is 0 Å². The number of rotatable bonds is 5. The molecule has 2 rings (SSSR count). The molecule has 4 heteroatoms. The lowest BCUT2D eigenvalue weighted by Crippen LogP contribution is -2.06. The molecule has 1 aromatic carbocycles. The Balaban J connectivity index is 1.88. The lowest BCUT2D eigenvalue weighted by molar-refractivity contribution is 0.414. The van der Waals surface area contributed by atoms with Crippen molar-refractivity contribution in [3.05, 3.63) is 52.6 Å². The molecule has 3 nitrogen and oxygen atoms in total. The van der Waals surface area contributed by atoms with Crippen LogP contribution >= 0.6 is 15.9 Å². The number of nitrogens with zero attached hydrogens (tertiary/aromatic N) is 1. The fourth-order valence-electron chi connectivity index (χ4n) is 1.67. The van der Waals surface area contributed by atoms with E-state index in [1.807, 2.05) is 30.3 Å². The molecule has 2 aromatic rings. The summed E-state index contributed by atoms with van der Waals surface area (Å²) >= 11 is 3.35. The normalized spacial score (nSPS) is 10.1. The van der Waals surface area contributed by atoms with E-state index >= 15 is 0 Å². The molecule has 0 atom stereocenters. The molecular weight excluding hydrogens is 292 g/mol. The first-order valence-corrected chi connectivity index (χ1v) is 6.56. The number of pyridine rings is 1. The summed E-state index contributed by atoms with van der Waals surface area (Å²) < 4.78 is 6.04. The first-order valence-electron chi connectivity index (χ1n) is 5.77. The van der Waals surface area contributed by atoms with E-state index in [2.05, 4.69) is 38.4 Å². The highest BCUT2D eigenvalue weighted by Gasteiger charge is 1.97. The monoisotopic (exact) mass is 306 g/mol. The Bertz CT molecular complexity index is 517. The van der Waals surface area contributed by atoms with E-state index < -0.39 is 0 Å². The zero-order chi connectivity index (χ0) is 12.8. The number of hydrogen-bond donors (Lipinski definition) is 1. The summed E-state index contributed by atoms with van der Waals surface area (Å²) in [7, 11) is 1.68. The van der Waals surface area contributed by atoms with Crippen LogP contribution in [0, 0.1) is 0 Å². The zero-order valence-corrected chi connectivity index (χ0v) is 11.8. The van der Waals surface area contributed by atoms with Gasteiger partial charge in [-0.1, -0.05) is 18.2 Å². The fraction of sp³-hybridized carbons (Fsp3) is 0.214. The highest BCUT2D eigenvalue weighted by Crippen LogP contribution is 2.14. The molecule has 1 N–H and O–H groups in total. The number of anilines is 1. The van der Waals surface area contributed by atoms with Gasteiger partial charge in [0.05, 0.1) is 7.11 Å². The number of hydrogen-bond acceptors (Lipinski definition) is 3. The molecule has 0 saturated heterocycles. The molecule has 0 bridgehead atoms. The highest BCUT2D eigenvalue weighted by molar-refractivity contribution is 9.10. The lowest BCUT2D eigenvalue weighted by Gasteiger charge is -2.07. The second kappa shape index (κ2) is 6.40. The van der Waals surface area contributed by atoms with Crippen molar-refractivity contribution in [2.24, 2.45) is 0 Å². The van der Waals surface area contributed by atoms with Crippen molar-refractivity contribution in [2.75, 3.05) is 19.0 Å². The smallest absolute Gasteiger partial charge is 0.127 e. The molecule has 0 aliphatic rings. The van der Waals surface area contributed by atoms with Crippen LogP contribution in [0.4, 0.5) is 5.82 Å². The molecule has 18 heavy (non-hydrogen) atoms. The summed E-state index contributed by atoms with van der Waals surface area (Å²) in [6.45, 7) is 0.844. The molecule has 0 fully saturated rings. The maximum Gasteiger partial charge on any atom is 0.127 e. The van der Waals surface area contributed by atoms with Gasteiger partial charge in [-0.05, 0) is 52.2 Å². The van der Waals surface area contributed by atoms with Crippen LogP contribution in [0.3, 0.4) is 0 Å². The number of benzene rings is 1. The van der Waals surface area contributed by atoms with Crippen molar-refractivity contribution in [2.45, 2.75) is 6.42 Å². The van der Waals surface area contributed by atoms with Gasteiger partial charge in [0.1, 0.15) is 16.2 Å². The molecule has 94 valence electrons. The Hall–Kier alpha value is -1.55. The Labute approximate surface area is 115 Å². The Morgan fingerprint density at radius 3 is 2.83 bits per heavy atom. The highest BCUT2D eigenvalue weighted by atomic mass is 79.9. The minimum atomic E-state index is 0.842. The summed E-state index contributed by atoms with van der Waals surface area (Å²) in [6, 6.07) is 13.9. The minimum absolute atomic E-state index is 0.842. The van der Waals surface area contributed by atoms with Crippen LogP contribution in [0.1, 0.15) is 5.56 Å². The van der Waals surface area contributed by atoms with Crippen molar-refractivity contribution in [1.82, 2.24) is 4.98 Å². The minimum Gasteiger partial charge on any atom is -0.497 e. The van der Waals surface area contributed by atoms with Crippen molar-refractivity contribution < 1.29 is 4.74 Å². The predicted octanol–water partition coefficient (Wildman–Crippen LogP) is 3.51. The molecule has 0 saturated carbocycles. The van der Waals surface area contributed by atoms with Crippen LogP contribution in [0.5, 0.6) is 5.75 Å². The third-order valence-corrected chi connectivity index (χ3v) is 3.01. The van der Waals surface area contributed by atoms with Crippen LogP contribution in [0.25, 0.3) is 0 Å². The lowest BCUT2D eigenvalue weighted by atomic mass is 10.1. The van der Waals surface area contributed by atoms with E-state index in [1.165, 1.54) is 5.56 Å². The third-order valence-electron chi connectivity index (χ3n) is 2.57. The van der Waals surface area contributed by atoms with Gasteiger partial charge < -0.3 is 10.1 Å². The van der Waals surface area contributed by atoms with Crippen LogP contribution in [-0.4, -0.2) is 18.6 Å². The van der Waals surface area contributed by atoms with Gasteiger partial charge in [0.25, 0.3) is 0 Å². The molecule has 0 spiro atoms. The topological polar surface area (TPSA) is 34.1 Å². The molecule has 0 radical (unpaired) electrons. The van der Waals surface area contributed by atoms with Gasteiger partial charge in [-0.3, -0.25) is 0 Å². The Kier molecular flexibility index (Phi) is 4.59. The number of methoxy groups -OCH3 is 1. The molecule has 0 unspecified atom stereocenters. The van der Waals surface area contributed by atoms with Crippen LogP contribution in [-0.2, 0) is 6.42 Å². The predicted molar refractivity (Wildman–Crippen MR) is 77.1 cm³/mol. The quantitative estimate of drug-likeness (QED) is 0.858. The Morgan fingerprint density at radius 2 is 2.06 bits per heavy atom. The van der Waals surface area contributed by atoms with E-state index in [9.17, 15) is 0 Å². The first-order chi connectivity index (χ1) is 8.78. The van der Waals surface area contributed by atoms with Gasteiger partial charge in [-0.25, -0.2) is 4.98 Å². The fourth-order valence-corrected chi connectivity index (χ4v) is 2.01. The first kappa shape index (κ1) is 12.9. The second-order valence-corrected chi connectivity index (χ2v) is 4.69. The van der Waals surface area contributed by atoms with E-state index in [1.54, 1.807) is 7.11 Å². The second-order valence-electron chi connectivity index (χ2n) is 3.87. The van der Waals surface area contributed by atoms with E-state index in [0.29, 0.717) is 0 Å². The van der Waals surface area contributed by atoms with E-state index in [0.717, 1.165) is 29.1 Å². The maximum atomic E-state index is 5.20. The molecular formula is C14H15BrN2O. The summed E-state index contributed by atoms with van der Waals surface area (Å²) in [5, 5.41) is 3.29. The van der Waals surface area contributed by atoms with Crippen molar-refractivity contribution in [3.8, 4) is 5.75 Å². The van der Waals surface area contributed by atoms with E-state index in [-0.39, 0.29) is 0 Å². The average molecular weight is 307 g/mol. The number of nitrogens with one attached hydrogen (secondary N) is 1. The molecule has 1 aromatic heterocycles. The number of ether oxygens (including phenoxy) is 1. The SMILES string of the molecule is COc1cccc(CCNc2cccc(Br)n2)c1. The average Bonchev–Trinajstić information content (AvgIpc) is 2.39.